The maximum Gasteiger partial charge on any atom is 0.109 e. The molecule has 0 aliphatic heterocycles. The molecule has 2 rings (SSSR count). The van der Waals surface area contributed by atoms with Gasteiger partial charge in [-0.1, -0.05) is 37.6 Å². The summed E-state index contributed by atoms with van der Waals surface area (Å²) in [4.78, 5) is 0. The van der Waals surface area contributed by atoms with Crippen LogP contribution in [0.3, 0.4) is 0 Å². The zero-order chi connectivity index (χ0) is 14.1. The number of rotatable bonds is 4. The highest BCUT2D eigenvalue weighted by molar-refractivity contribution is 14.1. The first-order chi connectivity index (χ1) is 8.89. The van der Waals surface area contributed by atoms with Crippen LogP contribution in [0.4, 0.5) is 0 Å². The van der Waals surface area contributed by atoms with Crippen LogP contribution >= 0.6 is 34.6 Å². The predicted octanol–water partition coefficient (Wildman–Crippen LogP) is 4.42. The molecule has 0 amide bonds. The van der Waals surface area contributed by atoms with Crippen LogP contribution in [0.25, 0.3) is 0 Å². The van der Waals surface area contributed by atoms with Gasteiger partial charge in [-0.3, -0.25) is 0 Å². The van der Waals surface area contributed by atoms with E-state index in [2.05, 4.69) is 13.8 Å². The molecular weight excluding hydrogens is 375 g/mol. The zero-order valence-electron chi connectivity index (χ0n) is 11.3. The molecule has 0 radical (unpaired) electrons. The average molecular weight is 395 g/mol. The van der Waals surface area contributed by atoms with Crippen LogP contribution in [0.2, 0.25) is 5.02 Å². The number of benzene rings is 1. The van der Waals surface area contributed by atoms with Crippen molar-refractivity contribution in [1.82, 2.24) is 0 Å². The molecule has 1 N–H and O–H groups in total. The largest absolute Gasteiger partial charge is 0.387 e. The van der Waals surface area contributed by atoms with Gasteiger partial charge in [0.2, 0.25) is 0 Å². The second-order valence-corrected chi connectivity index (χ2v) is 7.19. The van der Waals surface area contributed by atoms with Gasteiger partial charge in [0.15, 0.2) is 0 Å². The fourth-order valence-electron chi connectivity index (χ4n) is 3.12. The summed E-state index contributed by atoms with van der Waals surface area (Å²) in [7, 11) is 0. The number of halogens is 2. The van der Waals surface area contributed by atoms with E-state index in [0.29, 0.717) is 6.61 Å². The van der Waals surface area contributed by atoms with Crippen LogP contribution in [-0.4, -0.2) is 17.3 Å². The number of aliphatic hydroxyl groups is 1. The van der Waals surface area contributed by atoms with Crippen LogP contribution in [0.15, 0.2) is 24.3 Å². The minimum absolute atomic E-state index is 0.102. The normalized spacial score (nSPS) is 29.6. The molecule has 0 bridgehead atoms. The summed E-state index contributed by atoms with van der Waals surface area (Å²) in [5, 5.41) is 11.8. The van der Waals surface area contributed by atoms with E-state index in [-0.39, 0.29) is 11.3 Å². The molecule has 1 saturated carbocycles. The lowest BCUT2D eigenvalue weighted by Gasteiger charge is -2.40. The summed E-state index contributed by atoms with van der Waals surface area (Å²) >= 11 is 7.78. The van der Waals surface area contributed by atoms with Gasteiger partial charge in [0.05, 0.1) is 12.2 Å². The van der Waals surface area contributed by atoms with Crippen molar-refractivity contribution in [2.45, 2.75) is 38.7 Å². The summed E-state index contributed by atoms with van der Waals surface area (Å²) in [6, 6.07) is 7.90. The average Bonchev–Trinajstić information content (AvgIpc) is 2.56. The Balaban J connectivity index is 2.17. The smallest absolute Gasteiger partial charge is 0.109 e. The van der Waals surface area contributed by atoms with Crippen molar-refractivity contribution in [2.24, 2.45) is 11.3 Å². The Kier molecular flexibility index (Phi) is 4.81. The van der Waals surface area contributed by atoms with E-state index in [1.54, 1.807) is 0 Å². The van der Waals surface area contributed by atoms with Gasteiger partial charge in [0.1, 0.15) is 23.0 Å². The van der Waals surface area contributed by atoms with E-state index < -0.39 is 5.60 Å². The fourth-order valence-corrected chi connectivity index (χ4v) is 3.72. The van der Waals surface area contributed by atoms with Crippen molar-refractivity contribution in [2.75, 3.05) is 6.61 Å². The fraction of sp³-hybridized carbons (Fsp3) is 0.600. The molecule has 1 aromatic rings. The van der Waals surface area contributed by atoms with E-state index in [1.807, 2.05) is 47.3 Å². The molecular formula is C15H20ClIO2. The molecule has 1 fully saturated rings. The molecule has 0 aromatic heterocycles. The van der Waals surface area contributed by atoms with E-state index >= 15 is 0 Å². The van der Waals surface area contributed by atoms with Gasteiger partial charge >= 0.3 is 0 Å². The van der Waals surface area contributed by atoms with Crippen molar-refractivity contribution < 1.29 is 8.17 Å². The summed E-state index contributed by atoms with van der Waals surface area (Å²) in [6.07, 6.45) is 2.94. The quantitative estimate of drug-likeness (QED) is 0.766. The first-order valence-electron chi connectivity index (χ1n) is 6.59. The van der Waals surface area contributed by atoms with E-state index in [9.17, 15) is 5.11 Å². The third-order valence-electron chi connectivity index (χ3n) is 4.64. The highest BCUT2D eigenvalue weighted by Gasteiger charge is 2.54. The molecule has 2 nitrogen and oxygen atoms in total. The second kappa shape index (κ2) is 5.88. The van der Waals surface area contributed by atoms with Crippen molar-refractivity contribution in [3.05, 3.63) is 34.9 Å². The van der Waals surface area contributed by atoms with Gasteiger partial charge in [0, 0.05) is 5.02 Å². The molecule has 1 aliphatic carbocycles. The molecule has 19 heavy (non-hydrogen) atoms. The van der Waals surface area contributed by atoms with Crippen LogP contribution in [0.5, 0.6) is 0 Å². The first-order valence-corrected chi connectivity index (χ1v) is 7.85. The SMILES string of the molecule is CC1(C)CC[C@@H](Cc2ccc(Cl)cc2)C1(O)COI. The van der Waals surface area contributed by atoms with Crippen molar-refractivity contribution in [1.29, 1.82) is 0 Å². The van der Waals surface area contributed by atoms with E-state index in [4.69, 9.17) is 14.7 Å². The monoisotopic (exact) mass is 394 g/mol. The minimum Gasteiger partial charge on any atom is -0.387 e. The zero-order valence-corrected chi connectivity index (χ0v) is 14.2. The summed E-state index contributed by atoms with van der Waals surface area (Å²) in [5.74, 6) is 0.235. The highest BCUT2D eigenvalue weighted by atomic mass is 127. The molecule has 0 saturated heterocycles. The van der Waals surface area contributed by atoms with Gasteiger partial charge in [-0.15, -0.1) is 0 Å². The van der Waals surface area contributed by atoms with Gasteiger partial charge in [-0.05, 0) is 48.3 Å². The third kappa shape index (κ3) is 3.09. The van der Waals surface area contributed by atoms with Crippen molar-refractivity contribution in [3.63, 3.8) is 0 Å². The maximum absolute atomic E-state index is 11.0. The number of hydrogen-bond acceptors (Lipinski definition) is 2. The van der Waals surface area contributed by atoms with Crippen LogP contribution in [0, 0.1) is 11.3 Å². The standard InChI is InChI=1S/C15H20ClIO2/c1-14(2)8-7-12(15(14,18)10-19-17)9-11-3-5-13(16)6-4-11/h3-6,12,18H,7-10H2,1-2H3/t12-,15?/m0/s1. The molecule has 1 aliphatic rings. The van der Waals surface area contributed by atoms with Gasteiger partial charge in [-0.25, -0.2) is 0 Å². The third-order valence-corrected chi connectivity index (χ3v) is 5.20. The molecule has 1 unspecified atom stereocenters. The lowest BCUT2D eigenvalue weighted by Crippen LogP contribution is -2.49. The molecule has 2 atom stereocenters. The minimum atomic E-state index is -0.756. The van der Waals surface area contributed by atoms with Gasteiger partial charge < -0.3 is 8.17 Å². The van der Waals surface area contributed by atoms with Crippen LogP contribution in [0.1, 0.15) is 32.3 Å². The topological polar surface area (TPSA) is 29.5 Å². The van der Waals surface area contributed by atoms with Crippen LogP contribution < -0.4 is 0 Å². The molecule has 0 spiro atoms. The lowest BCUT2D eigenvalue weighted by atomic mass is 9.73. The Morgan fingerprint density at radius 3 is 2.58 bits per heavy atom. The Bertz CT molecular complexity index is 432. The van der Waals surface area contributed by atoms with Crippen molar-refractivity contribution >= 4 is 34.6 Å². The van der Waals surface area contributed by atoms with Gasteiger partial charge in [0.25, 0.3) is 0 Å². The van der Waals surface area contributed by atoms with Gasteiger partial charge in [-0.2, -0.15) is 0 Å². The summed E-state index contributed by atoms with van der Waals surface area (Å²) < 4.78 is 5.25. The second-order valence-electron chi connectivity index (χ2n) is 6.13. The maximum atomic E-state index is 11.0. The Labute approximate surface area is 134 Å². The summed E-state index contributed by atoms with van der Waals surface area (Å²) in [5.41, 5.74) is 0.363. The Morgan fingerprint density at radius 2 is 2.00 bits per heavy atom. The Morgan fingerprint density at radius 1 is 1.37 bits per heavy atom. The first kappa shape index (κ1) is 15.5. The van der Waals surface area contributed by atoms with Crippen molar-refractivity contribution in [3.8, 4) is 0 Å². The lowest BCUT2D eigenvalue weighted by molar-refractivity contribution is -0.0960. The number of hydrogen-bond donors (Lipinski definition) is 1. The molecule has 0 heterocycles. The molecule has 4 heteroatoms. The Hall–Kier alpha value is 0.160. The summed E-state index contributed by atoms with van der Waals surface area (Å²) in [6.45, 7) is 4.65. The predicted molar refractivity (Wildman–Crippen MR) is 86.6 cm³/mol. The highest BCUT2D eigenvalue weighted by Crippen LogP contribution is 2.51. The van der Waals surface area contributed by atoms with Crippen LogP contribution in [-0.2, 0) is 9.49 Å². The van der Waals surface area contributed by atoms with E-state index in [0.717, 1.165) is 24.3 Å². The molecule has 1 aromatic carbocycles. The molecule has 106 valence electrons. The van der Waals surface area contributed by atoms with E-state index in [1.165, 1.54) is 5.56 Å².